The van der Waals surface area contributed by atoms with Crippen LogP contribution in [-0.4, -0.2) is 42.1 Å². The van der Waals surface area contributed by atoms with Gasteiger partial charge in [0.1, 0.15) is 0 Å². The Kier molecular flexibility index (Phi) is 5.11. The lowest BCUT2D eigenvalue weighted by Crippen LogP contribution is -2.42. The number of carboxylic acids is 1. The van der Waals surface area contributed by atoms with Crippen molar-refractivity contribution >= 4 is 16.0 Å². The zero-order valence-electron chi connectivity index (χ0n) is 10.4. The van der Waals surface area contributed by atoms with Crippen LogP contribution in [0, 0.1) is 17.2 Å². The molecule has 0 aromatic carbocycles. The fraction of sp³-hybridized carbons (Fsp3) is 0.818. The lowest BCUT2D eigenvalue weighted by molar-refractivity contribution is -0.137. The predicted octanol–water partition coefficient (Wildman–Crippen LogP) is 0.805. The molecule has 102 valence electrons. The topological polar surface area (TPSA) is 98.5 Å². The second-order valence-corrected chi connectivity index (χ2v) is 6.84. The third kappa shape index (κ3) is 3.68. The molecular weight excluding hydrogens is 256 g/mol. The number of carboxylic acid groups (broad SMARTS) is 1. The Bertz CT molecular complexity index is 432. The van der Waals surface area contributed by atoms with Crippen LogP contribution in [0.3, 0.4) is 0 Å². The molecule has 0 radical (unpaired) electrons. The minimum absolute atomic E-state index is 0.131. The highest BCUT2D eigenvalue weighted by atomic mass is 32.2. The molecule has 18 heavy (non-hydrogen) atoms. The Morgan fingerprint density at radius 3 is 2.50 bits per heavy atom. The summed E-state index contributed by atoms with van der Waals surface area (Å²) < 4.78 is 25.1. The van der Waals surface area contributed by atoms with Crippen LogP contribution in [0.15, 0.2) is 0 Å². The molecule has 0 saturated carbocycles. The molecule has 0 aromatic heterocycles. The van der Waals surface area contributed by atoms with Crippen molar-refractivity contribution in [3.63, 3.8) is 0 Å². The number of sulfonamides is 1. The number of piperidine rings is 1. The van der Waals surface area contributed by atoms with Crippen molar-refractivity contribution in [2.75, 3.05) is 13.1 Å². The molecule has 1 aliphatic rings. The first-order valence-corrected chi connectivity index (χ1v) is 7.48. The van der Waals surface area contributed by atoms with Gasteiger partial charge in [0.25, 0.3) is 0 Å². The van der Waals surface area contributed by atoms with E-state index in [0.717, 1.165) is 0 Å². The molecule has 0 aromatic rings. The second-order valence-electron chi connectivity index (χ2n) is 4.59. The Morgan fingerprint density at radius 2 is 2.06 bits per heavy atom. The van der Waals surface area contributed by atoms with Crippen LogP contribution in [0.2, 0.25) is 0 Å². The molecule has 1 fully saturated rings. The van der Waals surface area contributed by atoms with Gasteiger partial charge in [-0.1, -0.05) is 0 Å². The van der Waals surface area contributed by atoms with E-state index in [1.54, 1.807) is 6.07 Å². The van der Waals surface area contributed by atoms with Crippen molar-refractivity contribution in [1.82, 2.24) is 4.31 Å². The summed E-state index contributed by atoms with van der Waals surface area (Å²) in [5.74, 6) is -0.548. The minimum Gasteiger partial charge on any atom is -0.481 e. The van der Waals surface area contributed by atoms with Crippen LogP contribution >= 0.6 is 0 Å². The normalized spacial score (nSPS) is 20.2. The number of hydrogen-bond donors (Lipinski definition) is 1. The van der Waals surface area contributed by atoms with Crippen molar-refractivity contribution in [3.05, 3.63) is 0 Å². The van der Waals surface area contributed by atoms with Crippen molar-refractivity contribution < 1.29 is 18.3 Å². The fourth-order valence-corrected chi connectivity index (χ4v) is 3.37. The van der Waals surface area contributed by atoms with Crippen molar-refractivity contribution in [2.24, 2.45) is 5.92 Å². The number of aliphatic carboxylic acids is 1. The van der Waals surface area contributed by atoms with E-state index in [0.29, 0.717) is 32.4 Å². The molecule has 0 aliphatic carbocycles. The number of nitrogens with zero attached hydrogens (tertiary/aromatic N) is 2. The zero-order valence-corrected chi connectivity index (χ0v) is 11.2. The lowest BCUT2D eigenvalue weighted by atomic mass is 9.93. The fourth-order valence-electron chi connectivity index (χ4n) is 2.07. The van der Waals surface area contributed by atoms with E-state index in [1.165, 1.54) is 11.2 Å². The van der Waals surface area contributed by atoms with Crippen LogP contribution in [0.4, 0.5) is 0 Å². The smallest absolute Gasteiger partial charge is 0.303 e. The highest BCUT2D eigenvalue weighted by Gasteiger charge is 2.32. The predicted molar refractivity (Wildman–Crippen MR) is 65.2 cm³/mol. The van der Waals surface area contributed by atoms with Crippen LogP contribution < -0.4 is 0 Å². The molecule has 1 aliphatic heterocycles. The zero-order chi connectivity index (χ0) is 13.8. The minimum atomic E-state index is -3.51. The van der Waals surface area contributed by atoms with Gasteiger partial charge in [-0.3, -0.25) is 4.79 Å². The summed E-state index contributed by atoms with van der Waals surface area (Å²) in [5.41, 5.74) is 0. The second kappa shape index (κ2) is 6.16. The van der Waals surface area contributed by atoms with Gasteiger partial charge in [0.2, 0.25) is 10.0 Å². The van der Waals surface area contributed by atoms with E-state index in [9.17, 15) is 13.2 Å². The van der Waals surface area contributed by atoms with Gasteiger partial charge >= 0.3 is 5.97 Å². The van der Waals surface area contributed by atoms with Gasteiger partial charge in [0.05, 0.1) is 6.07 Å². The van der Waals surface area contributed by atoms with E-state index in [4.69, 9.17) is 10.4 Å². The first-order chi connectivity index (χ1) is 8.37. The third-order valence-corrected chi connectivity index (χ3v) is 5.41. The van der Waals surface area contributed by atoms with Crippen molar-refractivity contribution in [2.45, 2.75) is 37.9 Å². The van der Waals surface area contributed by atoms with Gasteiger partial charge in [0.15, 0.2) is 5.25 Å². The number of carbonyl (C=O) groups is 1. The average Bonchev–Trinajstić information content (AvgIpc) is 2.35. The van der Waals surface area contributed by atoms with Gasteiger partial charge in [-0.2, -0.15) is 5.26 Å². The van der Waals surface area contributed by atoms with E-state index in [2.05, 4.69) is 0 Å². The lowest BCUT2D eigenvalue weighted by Gasteiger charge is -2.31. The Labute approximate surface area is 107 Å². The van der Waals surface area contributed by atoms with E-state index < -0.39 is 21.2 Å². The number of rotatable bonds is 5. The summed E-state index contributed by atoms with van der Waals surface area (Å²) in [5, 5.41) is 16.2. The summed E-state index contributed by atoms with van der Waals surface area (Å²) in [6.07, 6.45) is 2.07. The van der Waals surface area contributed by atoms with Gasteiger partial charge in [0, 0.05) is 19.5 Å². The van der Waals surface area contributed by atoms with Crippen LogP contribution in [0.5, 0.6) is 0 Å². The standard InChI is InChI=1S/C11H18N2O4S/c1-9(8-12)18(16,17)13-6-4-10(5-7-13)2-3-11(14)15/h9-10H,2-7H2,1H3,(H,14,15). The quantitative estimate of drug-likeness (QED) is 0.799. The van der Waals surface area contributed by atoms with Crippen LogP contribution in [0.25, 0.3) is 0 Å². The SMILES string of the molecule is CC(C#N)S(=O)(=O)N1CCC(CCC(=O)O)CC1. The molecule has 7 heteroatoms. The Balaban J connectivity index is 2.49. The molecule has 0 spiro atoms. The van der Waals surface area contributed by atoms with Gasteiger partial charge in [-0.05, 0) is 32.1 Å². The molecule has 1 N–H and O–H groups in total. The summed E-state index contributed by atoms with van der Waals surface area (Å²) >= 11 is 0. The average molecular weight is 274 g/mol. The van der Waals surface area contributed by atoms with Gasteiger partial charge in [-0.25, -0.2) is 12.7 Å². The molecule has 1 heterocycles. The Hall–Kier alpha value is -1.13. The maximum atomic E-state index is 11.9. The number of nitriles is 1. The monoisotopic (exact) mass is 274 g/mol. The highest BCUT2D eigenvalue weighted by molar-refractivity contribution is 7.89. The maximum Gasteiger partial charge on any atom is 0.303 e. The van der Waals surface area contributed by atoms with Crippen LogP contribution in [0.1, 0.15) is 32.6 Å². The maximum absolute atomic E-state index is 11.9. The highest BCUT2D eigenvalue weighted by Crippen LogP contribution is 2.24. The molecule has 1 atom stereocenters. The largest absolute Gasteiger partial charge is 0.481 e. The van der Waals surface area contributed by atoms with E-state index >= 15 is 0 Å². The molecule has 0 amide bonds. The summed E-state index contributed by atoms with van der Waals surface area (Å²) in [4.78, 5) is 10.5. The Morgan fingerprint density at radius 1 is 1.50 bits per heavy atom. The van der Waals surface area contributed by atoms with Crippen LogP contribution in [-0.2, 0) is 14.8 Å². The summed E-state index contributed by atoms with van der Waals surface area (Å²) in [7, 11) is -3.51. The molecular formula is C11H18N2O4S. The molecule has 1 saturated heterocycles. The first-order valence-electron chi connectivity index (χ1n) is 5.98. The molecule has 6 nitrogen and oxygen atoms in total. The van der Waals surface area contributed by atoms with Crippen molar-refractivity contribution in [1.29, 1.82) is 5.26 Å². The summed E-state index contributed by atoms with van der Waals surface area (Å²) in [6, 6.07) is 1.75. The van der Waals surface area contributed by atoms with Gasteiger partial charge in [-0.15, -0.1) is 0 Å². The third-order valence-electron chi connectivity index (χ3n) is 3.33. The van der Waals surface area contributed by atoms with Gasteiger partial charge < -0.3 is 5.11 Å². The van der Waals surface area contributed by atoms with E-state index in [-0.39, 0.29) is 12.3 Å². The molecule has 1 rings (SSSR count). The molecule has 0 bridgehead atoms. The van der Waals surface area contributed by atoms with Crippen molar-refractivity contribution in [3.8, 4) is 6.07 Å². The summed E-state index contributed by atoms with van der Waals surface area (Å²) in [6.45, 7) is 2.16. The first kappa shape index (κ1) is 14.9. The molecule has 1 unspecified atom stereocenters. The van der Waals surface area contributed by atoms with E-state index in [1.807, 2.05) is 0 Å². The number of hydrogen-bond acceptors (Lipinski definition) is 4.